The summed E-state index contributed by atoms with van der Waals surface area (Å²) < 4.78 is 1.02. The van der Waals surface area contributed by atoms with Crippen LogP contribution in [0.1, 0.15) is 18.5 Å². The molecule has 1 heterocycles. The average Bonchev–Trinajstić information content (AvgIpc) is 2.49. The van der Waals surface area contributed by atoms with Crippen molar-refractivity contribution in [1.82, 2.24) is 9.97 Å². The predicted octanol–water partition coefficient (Wildman–Crippen LogP) is 4.57. The van der Waals surface area contributed by atoms with Gasteiger partial charge < -0.3 is 5.32 Å². The van der Waals surface area contributed by atoms with Gasteiger partial charge in [-0.2, -0.15) is 0 Å². The van der Waals surface area contributed by atoms with E-state index in [9.17, 15) is 0 Å². The molecule has 1 unspecified atom stereocenters. The summed E-state index contributed by atoms with van der Waals surface area (Å²) in [7, 11) is 0. The highest BCUT2D eigenvalue weighted by Gasteiger charge is 2.09. The Bertz CT molecular complexity index is 728. The van der Waals surface area contributed by atoms with Crippen LogP contribution in [0.5, 0.6) is 0 Å². The maximum absolute atomic E-state index is 4.37. The van der Waals surface area contributed by atoms with Crippen LogP contribution in [0.3, 0.4) is 0 Å². The molecule has 3 aromatic rings. The minimum Gasteiger partial charge on any atom is -0.363 e. The largest absolute Gasteiger partial charge is 0.363 e. The summed E-state index contributed by atoms with van der Waals surface area (Å²) in [5, 5.41) is 4.47. The first-order valence-corrected chi connectivity index (χ1v) is 7.25. The Morgan fingerprint density at radius 3 is 2.65 bits per heavy atom. The second kappa shape index (κ2) is 5.59. The molecule has 0 bridgehead atoms. The first-order chi connectivity index (χ1) is 9.74. The van der Waals surface area contributed by atoms with Crippen molar-refractivity contribution >= 4 is 32.7 Å². The van der Waals surface area contributed by atoms with Crippen molar-refractivity contribution in [3.63, 3.8) is 0 Å². The summed E-state index contributed by atoms with van der Waals surface area (Å²) in [6, 6.07) is 16.5. The molecule has 0 saturated heterocycles. The molecule has 1 aromatic heterocycles. The fraction of sp³-hybridized carbons (Fsp3) is 0.125. The van der Waals surface area contributed by atoms with Crippen LogP contribution in [-0.4, -0.2) is 9.97 Å². The molecular formula is C16H14BrN3. The third kappa shape index (κ3) is 2.65. The number of fused-ring (bicyclic) bond motifs is 1. The molecule has 1 N–H and O–H groups in total. The standard InChI is InChI=1S/C16H14BrN3/c1-11(12-5-3-2-4-6-12)20-16-14-9-13(17)7-8-15(14)18-10-19-16/h2-11H,1H3,(H,18,19,20). The first-order valence-electron chi connectivity index (χ1n) is 6.46. The van der Waals surface area contributed by atoms with Gasteiger partial charge in [0.2, 0.25) is 0 Å². The van der Waals surface area contributed by atoms with Crippen LogP contribution in [-0.2, 0) is 0 Å². The number of aromatic nitrogens is 2. The molecule has 2 aromatic carbocycles. The Morgan fingerprint density at radius 2 is 1.85 bits per heavy atom. The van der Waals surface area contributed by atoms with E-state index < -0.39 is 0 Å². The van der Waals surface area contributed by atoms with Gasteiger partial charge in [-0.1, -0.05) is 46.3 Å². The number of halogens is 1. The van der Waals surface area contributed by atoms with Crippen molar-refractivity contribution in [3.8, 4) is 0 Å². The molecule has 0 fully saturated rings. The maximum atomic E-state index is 4.37. The third-order valence-corrected chi connectivity index (χ3v) is 3.74. The molecule has 3 nitrogen and oxygen atoms in total. The summed E-state index contributed by atoms with van der Waals surface area (Å²) >= 11 is 3.49. The van der Waals surface area contributed by atoms with Gasteiger partial charge in [-0.05, 0) is 30.7 Å². The van der Waals surface area contributed by atoms with Gasteiger partial charge in [-0.15, -0.1) is 0 Å². The van der Waals surface area contributed by atoms with E-state index in [4.69, 9.17) is 0 Å². The van der Waals surface area contributed by atoms with Gasteiger partial charge in [-0.3, -0.25) is 0 Å². The minimum absolute atomic E-state index is 0.188. The van der Waals surface area contributed by atoms with Crippen molar-refractivity contribution < 1.29 is 0 Å². The number of nitrogens with one attached hydrogen (secondary N) is 1. The lowest BCUT2D eigenvalue weighted by Gasteiger charge is -2.16. The molecule has 100 valence electrons. The molecule has 20 heavy (non-hydrogen) atoms. The fourth-order valence-electron chi connectivity index (χ4n) is 2.17. The number of benzene rings is 2. The SMILES string of the molecule is CC(Nc1ncnc2ccc(Br)cc12)c1ccccc1. The quantitative estimate of drug-likeness (QED) is 0.765. The van der Waals surface area contributed by atoms with E-state index in [1.165, 1.54) is 5.56 Å². The zero-order valence-electron chi connectivity index (χ0n) is 11.0. The van der Waals surface area contributed by atoms with Crippen molar-refractivity contribution in [2.24, 2.45) is 0 Å². The molecule has 3 rings (SSSR count). The molecule has 0 aliphatic heterocycles. The molecule has 0 spiro atoms. The first kappa shape index (κ1) is 13.1. The molecule has 1 atom stereocenters. The summed E-state index contributed by atoms with van der Waals surface area (Å²) in [4.78, 5) is 8.66. The number of rotatable bonds is 3. The van der Waals surface area contributed by atoms with Crippen LogP contribution in [0.25, 0.3) is 10.9 Å². The molecule has 0 aliphatic rings. The summed E-state index contributed by atoms with van der Waals surface area (Å²) in [6.45, 7) is 2.13. The molecule has 4 heteroatoms. The predicted molar refractivity (Wildman–Crippen MR) is 85.7 cm³/mol. The van der Waals surface area contributed by atoms with Crippen LogP contribution in [0.15, 0.2) is 59.3 Å². The Morgan fingerprint density at radius 1 is 1.05 bits per heavy atom. The van der Waals surface area contributed by atoms with E-state index in [0.29, 0.717) is 0 Å². The molecule has 0 aliphatic carbocycles. The number of hydrogen-bond acceptors (Lipinski definition) is 3. The Balaban J connectivity index is 1.97. The van der Waals surface area contributed by atoms with E-state index >= 15 is 0 Å². The van der Waals surface area contributed by atoms with Crippen LogP contribution < -0.4 is 5.32 Å². The Labute approximate surface area is 126 Å². The molecule has 0 saturated carbocycles. The second-order valence-corrected chi connectivity index (χ2v) is 5.58. The molecular weight excluding hydrogens is 314 g/mol. The molecule has 0 amide bonds. The Kier molecular flexibility index (Phi) is 3.65. The maximum Gasteiger partial charge on any atom is 0.137 e. The molecule has 0 radical (unpaired) electrons. The lowest BCUT2D eigenvalue weighted by Crippen LogP contribution is -2.08. The van der Waals surface area contributed by atoms with Crippen LogP contribution in [0, 0.1) is 0 Å². The highest BCUT2D eigenvalue weighted by molar-refractivity contribution is 9.10. The van der Waals surface area contributed by atoms with Gasteiger partial charge in [0.05, 0.1) is 5.52 Å². The second-order valence-electron chi connectivity index (χ2n) is 4.66. The van der Waals surface area contributed by atoms with Crippen molar-refractivity contribution in [3.05, 3.63) is 64.9 Å². The van der Waals surface area contributed by atoms with Gasteiger partial charge in [-0.25, -0.2) is 9.97 Å². The van der Waals surface area contributed by atoms with Gasteiger partial charge in [0.25, 0.3) is 0 Å². The monoisotopic (exact) mass is 327 g/mol. The van der Waals surface area contributed by atoms with Crippen molar-refractivity contribution in [2.45, 2.75) is 13.0 Å². The van der Waals surface area contributed by atoms with Gasteiger partial charge >= 0.3 is 0 Å². The van der Waals surface area contributed by atoms with Crippen LogP contribution >= 0.6 is 15.9 Å². The summed E-state index contributed by atoms with van der Waals surface area (Å²) in [5.41, 5.74) is 2.17. The summed E-state index contributed by atoms with van der Waals surface area (Å²) in [5.74, 6) is 0.854. The smallest absolute Gasteiger partial charge is 0.137 e. The van der Waals surface area contributed by atoms with E-state index in [1.54, 1.807) is 6.33 Å². The number of anilines is 1. The van der Waals surface area contributed by atoms with E-state index in [0.717, 1.165) is 21.2 Å². The van der Waals surface area contributed by atoms with E-state index in [1.807, 2.05) is 36.4 Å². The highest BCUT2D eigenvalue weighted by atomic mass is 79.9. The Hall–Kier alpha value is -1.94. The van der Waals surface area contributed by atoms with E-state index in [-0.39, 0.29) is 6.04 Å². The van der Waals surface area contributed by atoms with E-state index in [2.05, 4.69) is 50.3 Å². The number of hydrogen-bond donors (Lipinski definition) is 1. The zero-order valence-corrected chi connectivity index (χ0v) is 12.6. The normalized spacial score (nSPS) is 12.3. The van der Waals surface area contributed by atoms with Crippen molar-refractivity contribution in [2.75, 3.05) is 5.32 Å². The topological polar surface area (TPSA) is 37.8 Å². The van der Waals surface area contributed by atoms with Gasteiger partial charge in [0.1, 0.15) is 12.1 Å². The lowest BCUT2D eigenvalue weighted by molar-refractivity contribution is 0.876. The fourth-order valence-corrected chi connectivity index (χ4v) is 2.54. The number of nitrogens with zero attached hydrogens (tertiary/aromatic N) is 2. The lowest BCUT2D eigenvalue weighted by atomic mass is 10.1. The average molecular weight is 328 g/mol. The highest BCUT2D eigenvalue weighted by Crippen LogP contribution is 2.26. The van der Waals surface area contributed by atoms with Crippen molar-refractivity contribution in [1.29, 1.82) is 0 Å². The zero-order chi connectivity index (χ0) is 13.9. The van der Waals surface area contributed by atoms with Gasteiger partial charge in [0.15, 0.2) is 0 Å². The summed E-state index contributed by atoms with van der Waals surface area (Å²) in [6.07, 6.45) is 1.59. The van der Waals surface area contributed by atoms with Crippen LogP contribution in [0.2, 0.25) is 0 Å². The van der Waals surface area contributed by atoms with Gasteiger partial charge in [0, 0.05) is 15.9 Å². The minimum atomic E-state index is 0.188. The third-order valence-electron chi connectivity index (χ3n) is 3.25. The van der Waals surface area contributed by atoms with Crippen LogP contribution in [0.4, 0.5) is 5.82 Å².